The molecule has 0 rings (SSSR count). The van der Waals surface area contributed by atoms with E-state index in [-0.39, 0.29) is 42.3 Å². The molecule has 0 spiro atoms. The largest absolute Gasteiger partial charge is 0.460 e. The lowest BCUT2D eigenvalue weighted by atomic mass is 10.4. The summed E-state index contributed by atoms with van der Waals surface area (Å²) in [5.41, 5.74) is 0.245. The maximum Gasteiger partial charge on any atom is 0.407 e. The first-order valence-electron chi connectivity index (χ1n) is 7.52. The highest BCUT2D eigenvalue weighted by Crippen LogP contribution is 2.05. The zero-order valence-electron chi connectivity index (χ0n) is 15.3. The van der Waals surface area contributed by atoms with Crippen molar-refractivity contribution in [2.45, 2.75) is 6.92 Å². The van der Waals surface area contributed by atoms with E-state index < -0.39 is 39.0 Å². The maximum atomic E-state index is 11.5. The van der Waals surface area contributed by atoms with Crippen molar-refractivity contribution in [3.05, 3.63) is 12.2 Å². The third-order valence-corrected chi connectivity index (χ3v) is 6.04. The third kappa shape index (κ3) is 11.6. The molecule has 0 fully saturated rings. The summed E-state index contributed by atoms with van der Waals surface area (Å²) in [7, 11) is -7.53. The zero-order valence-corrected chi connectivity index (χ0v) is 16.9. The van der Waals surface area contributed by atoms with E-state index in [0.29, 0.717) is 0 Å². The summed E-state index contributed by atoms with van der Waals surface area (Å²) in [4.78, 5) is 22.4. The van der Waals surface area contributed by atoms with Crippen LogP contribution in [0, 0.1) is 0 Å². The number of esters is 1. The molecule has 1 N–H and O–H groups in total. The Kier molecular flexibility index (Phi) is 11.1. The summed E-state index contributed by atoms with van der Waals surface area (Å²) in [6, 6.07) is 0. The fourth-order valence-electron chi connectivity index (χ4n) is 1.20. The van der Waals surface area contributed by atoms with Crippen LogP contribution in [-0.2, 0) is 43.5 Å². The first-order valence-corrected chi connectivity index (χ1v) is 10.7. The van der Waals surface area contributed by atoms with E-state index in [9.17, 15) is 26.4 Å². The van der Waals surface area contributed by atoms with E-state index in [1.54, 1.807) is 0 Å². The molecule has 0 bridgehead atoms. The van der Waals surface area contributed by atoms with Crippen molar-refractivity contribution in [2.75, 3.05) is 52.9 Å². The molecule has 0 radical (unpaired) electrons. The Bertz CT molecular complexity index is 717. The molecule has 0 aromatic rings. The summed E-state index contributed by atoms with van der Waals surface area (Å²) in [5.74, 6) is -0.564. The average Bonchev–Trinajstić information content (AvgIpc) is 2.55. The molecule has 27 heavy (non-hydrogen) atoms. The molecule has 1 amide bonds. The van der Waals surface area contributed by atoms with Crippen molar-refractivity contribution >= 4 is 32.4 Å². The SMILES string of the molecule is C=C(C)C(=O)OCCNC(=O)OCCOCCOS(=O)(=O)N(C)S(C)(=O)=O. The third-order valence-electron chi connectivity index (χ3n) is 2.66. The number of nitrogens with one attached hydrogen (secondary N) is 1. The molecule has 0 saturated carbocycles. The predicted octanol–water partition coefficient (Wildman–Crippen LogP) is -0.999. The highest BCUT2D eigenvalue weighted by Gasteiger charge is 2.27. The van der Waals surface area contributed by atoms with Gasteiger partial charge in [0.15, 0.2) is 0 Å². The van der Waals surface area contributed by atoms with Crippen molar-refractivity contribution in [3.63, 3.8) is 0 Å². The molecular formula is C13H24N2O10S2. The van der Waals surface area contributed by atoms with Gasteiger partial charge in [-0.3, -0.25) is 4.18 Å². The quantitative estimate of drug-likeness (QED) is 0.218. The minimum atomic E-state index is -4.42. The lowest BCUT2D eigenvalue weighted by molar-refractivity contribution is -0.138. The van der Waals surface area contributed by atoms with Crippen LogP contribution in [0.4, 0.5) is 4.79 Å². The van der Waals surface area contributed by atoms with Crippen LogP contribution < -0.4 is 5.32 Å². The molecule has 158 valence electrons. The van der Waals surface area contributed by atoms with Gasteiger partial charge in [-0.2, -0.15) is 8.42 Å². The summed E-state index contributed by atoms with van der Waals surface area (Å²) in [6.45, 7) is 4.17. The number of rotatable bonds is 13. The number of alkyl carbamates (subject to hydrolysis) is 1. The van der Waals surface area contributed by atoms with Crippen molar-refractivity contribution in [2.24, 2.45) is 0 Å². The monoisotopic (exact) mass is 432 g/mol. The second-order valence-corrected chi connectivity index (χ2v) is 8.90. The Morgan fingerprint density at radius 2 is 1.59 bits per heavy atom. The second kappa shape index (κ2) is 11.9. The lowest BCUT2D eigenvalue weighted by Crippen LogP contribution is -2.34. The van der Waals surface area contributed by atoms with E-state index in [2.05, 4.69) is 16.1 Å². The van der Waals surface area contributed by atoms with Crippen LogP contribution in [0.5, 0.6) is 0 Å². The van der Waals surface area contributed by atoms with Crippen LogP contribution in [0.1, 0.15) is 6.92 Å². The van der Waals surface area contributed by atoms with Crippen molar-refractivity contribution in [1.29, 1.82) is 0 Å². The fraction of sp³-hybridized carbons (Fsp3) is 0.692. The van der Waals surface area contributed by atoms with Gasteiger partial charge in [0.05, 0.1) is 32.6 Å². The number of nitrogens with zero attached hydrogens (tertiary/aromatic N) is 1. The molecule has 0 aromatic carbocycles. The molecule has 12 nitrogen and oxygen atoms in total. The Labute approximate surface area is 158 Å². The molecule has 0 atom stereocenters. The van der Waals surface area contributed by atoms with Gasteiger partial charge in [0.1, 0.15) is 13.2 Å². The second-order valence-electron chi connectivity index (χ2n) is 5.01. The van der Waals surface area contributed by atoms with Crippen LogP contribution >= 0.6 is 0 Å². The molecule has 0 aliphatic heterocycles. The van der Waals surface area contributed by atoms with E-state index in [1.807, 2.05) is 0 Å². The van der Waals surface area contributed by atoms with Gasteiger partial charge in [0, 0.05) is 12.6 Å². The van der Waals surface area contributed by atoms with Crippen molar-refractivity contribution < 1.29 is 44.8 Å². The number of ether oxygens (including phenoxy) is 3. The highest BCUT2D eigenvalue weighted by molar-refractivity contribution is 8.01. The van der Waals surface area contributed by atoms with Gasteiger partial charge < -0.3 is 19.5 Å². The molecule has 0 unspecified atom stereocenters. The Hall–Kier alpha value is -1.74. The Morgan fingerprint density at radius 1 is 1.00 bits per heavy atom. The standard InChI is InChI=1S/C13H24N2O10S2/c1-11(2)12(16)23-6-5-14-13(17)24-9-7-22-8-10-25-27(20,21)15(3)26(4,18)19/h1,5-10H2,2-4H3,(H,14,17). The lowest BCUT2D eigenvalue weighted by Gasteiger charge is -2.14. The molecule has 0 aliphatic carbocycles. The van der Waals surface area contributed by atoms with Gasteiger partial charge in [0.25, 0.3) is 0 Å². The van der Waals surface area contributed by atoms with Crippen LogP contribution in [0.25, 0.3) is 0 Å². The molecule has 14 heteroatoms. The topological polar surface area (TPSA) is 155 Å². The van der Waals surface area contributed by atoms with Crippen LogP contribution in [0.2, 0.25) is 0 Å². The normalized spacial score (nSPS) is 11.9. The Balaban J connectivity index is 3.76. The van der Waals surface area contributed by atoms with Gasteiger partial charge in [0.2, 0.25) is 10.0 Å². The van der Waals surface area contributed by atoms with E-state index in [4.69, 9.17) is 14.2 Å². The molecule has 0 saturated heterocycles. The predicted molar refractivity (Wildman–Crippen MR) is 93.4 cm³/mol. The number of carbonyl (C=O) groups is 2. The van der Waals surface area contributed by atoms with Gasteiger partial charge >= 0.3 is 22.4 Å². The van der Waals surface area contributed by atoms with Gasteiger partial charge in [-0.15, -0.1) is 0 Å². The first-order chi connectivity index (χ1) is 12.4. The van der Waals surface area contributed by atoms with Crippen LogP contribution in [-0.4, -0.2) is 85.5 Å². The van der Waals surface area contributed by atoms with Crippen LogP contribution in [0.3, 0.4) is 0 Å². The van der Waals surface area contributed by atoms with Crippen LogP contribution in [0.15, 0.2) is 12.2 Å². The van der Waals surface area contributed by atoms with Gasteiger partial charge in [-0.05, 0) is 6.92 Å². The number of carbonyl (C=O) groups excluding carboxylic acids is 2. The minimum Gasteiger partial charge on any atom is -0.460 e. The van der Waals surface area contributed by atoms with E-state index in [1.165, 1.54) is 6.92 Å². The summed E-state index contributed by atoms with van der Waals surface area (Å²) in [6.07, 6.45) is -0.0318. The van der Waals surface area contributed by atoms with Gasteiger partial charge in [-0.25, -0.2) is 18.0 Å². The summed E-state index contributed by atoms with van der Waals surface area (Å²) in [5, 5.41) is 2.34. The average molecular weight is 432 g/mol. The summed E-state index contributed by atoms with van der Waals surface area (Å²) >= 11 is 0. The van der Waals surface area contributed by atoms with Gasteiger partial charge in [-0.1, -0.05) is 10.3 Å². The number of sulfonamides is 1. The number of hydrogen-bond acceptors (Lipinski definition) is 10. The van der Waals surface area contributed by atoms with E-state index >= 15 is 0 Å². The maximum absolute atomic E-state index is 11.5. The first kappa shape index (κ1) is 25.3. The summed E-state index contributed by atoms with van der Waals surface area (Å²) < 4.78 is 64.3. The molecule has 0 aliphatic rings. The van der Waals surface area contributed by atoms with Crippen molar-refractivity contribution in [3.8, 4) is 0 Å². The number of hydrogen-bond donors (Lipinski definition) is 1. The molecular weight excluding hydrogens is 408 g/mol. The highest BCUT2D eigenvalue weighted by atomic mass is 32.3. The fourth-order valence-corrected chi connectivity index (χ4v) is 3.09. The Morgan fingerprint density at radius 3 is 2.15 bits per heavy atom. The molecule has 0 heterocycles. The van der Waals surface area contributed by atoms with E-state index in [0.717, 1.165) is 13.3 Å². The smallest absolute Gasteiger partial charge is 0.407 e. The van der Waals surface area contributed by atoms with Crippen molar-refractivity contribution in [1.82, 2.24) is 9.03 Å². The molecule has 0 aromatic heterocycles. The minimum absolute atomic E-state index is 0.0367. The number of amides is 1. The zero-order chi connectivity index (χ0) is 21.1.